The summed E-state index contributed by atoms with van der Waals surface area (Å²) in [5.41, 5.74) is 0.879. The van der Waals surface area contributed by atoms with Crippen LogP contribution in [0, 0.1) is 0 Å². The Balaban J connectivity index is 2.72. The van der Waals surface area contributed by atoms with E-state index in [0.29, 0.717) is 6.42 Å². The second-order valence-corrected chi connectivity index (χ2v) is 4.06. The van der Waals surface area contributed by atoms with Crippen LogP contribution in [0.3, 0.4) is 0 Å². The van der Waals surface area contributed by atoms with E-state index in [0.717, 1.165) is 12.6 Å². The topological polar surface area (TPSA) is 76.3 Å². The van der Waals surface area contributed by atoms with Crippen LogP contribution in [0.25, 0.3) is 0 Å². The predicted octanol–water partition coefficient (Wildman–Crippen LogP) is 1.11. The average molecular weight is 279 g/mol. The molecular formula is C10H16F3N5O. The molecule has 0 fully saturated rings. The summed E-state index contributed by atoms with van der Waals surface area (Å²) in [5.74, 6) is 4.53. The van der Waals surface area contributed by atoms with Gasteiger partial charge in [0, 0.05) is 12.6 Å². The highest BCUT2D eigenvalue weighted by Gasteiger charge is 2.34. The Morgan fingerprint density at radius 1 is 1.37 bits per heavy atom. The second kappa shape index (κ2) is 6.53. The van der Waals surface area contributed by atoms with Crippen molar-refractivity contribution in [3.05, 3.63) is 11.8 Å². The molecule has 9 heteroatoms. The molecule has 1 aromatic heterocycles. The molecule has 0 radical (unpaired) electrons. The Hall–Kier alpha value is -1.61. The van der Waals surface area contributed by atoms with Crippen LogP contribution < -0.4 is 16.0 Å². The number of ether oxygens (including phenoxy) is 1. The van der Waals surface area contributed by atoms with Crippen LogP contribution in [-0.4, -0.2) is 42.1 Å². The van der Waals surface area contributed by atoms with Crippen molar-refractivity contribution in [3.8, 4) is 5.88 Å². The normalized spacial score (nSPS) is 11.7. The van der Waals surface area contributed by atoms with Gasteiger partial charge in [0.15, 0.2) is 5.69 Å². The zero-order valence-electron chi connectivity index (χ0n) is 10.7. The number of hydrogen-bond donors (Lipinski definition) is 2. The maximum Gasteiger partial charge on any atom is 0.433 e. The molecule has 3 N–H and O–H groups in total. The number of anilines is 1. The fourth-order valence-electron chi connectivity index (χ4n) is 1.27. The fraction of sp³-hybridized carbons (Fsp3) is 0.600. The molecule has 0 atom stereocenters. The Bertz CT molecular complexity index is 411. The summed E-state index contributed by atoms with van der Waals surface area (Å²) in [6.07, 6.45) is -3.90. The molecule has 0 aliphatic rings. The summed E-state index contributed by atoms with van der Waals surface area (Å²) in [4.78, 5) is 8.86. The smallest absolute Gasteiger partial charge is 0.433 e. The fourth-order valence-corrected chi connectivity index (χ4v) is 1.27. The van der Waals surface area contributed by atoms with E-state index in [-0.39, 0.29) is 18.4 Å². The largest absolute Gasteiger partial charge is 0.477 e. The van der Waals surface area contributed by atoms with Gasteiger partial charge in [0.05, 0.1) is 6.61 Å². The van der Waals surface area contributed by atoms with Gasteiger partial charge in [0.2, 0.25) is 11.8 Å². The van der Waals surface area contributed by atoms with Crippen molar-refractivity contribution in [2.45, 2.75) is 12.6 Å². The molecule has 19 heavy (non-hydrogen) atoms. The number of nitrogens with zero attached hydrogens (tertiary/aromatic N) is 3. The number of nitrogen functional groups attached to an aromatic ring is 1. The van der Waals surface area contributed by atoms with Gasteiger partial charge in [-0.3, -0.25) is 5.43 Å². The van der Waals surface area contributed by atoms with Gasteiger partial charge in [-0.15, -0.1) is 0 Å². The molecule has 0 aromatic carbocycles. The SMILES string of the molecule is CN(C)CCCOc1cc(C(F)(F)F)nc(NN)n1. The summed E-state index contributed by atoms with van der Waals surface area (Å²) in [6, 6.07) is 0.747. The van der Waals surface area contributed by atoms with E-state index in [9.17, 15) is 13.2 Å². The minimum atomic E-state index is -4.57. The molecule has 0 bridgehead atoms. The van der Waals surface area contributed by atoms with E-state index in [1.165, 1.54) is 0 Å². The van der Waals surface area contributed by atoms with E-state index >= 15 is 0 Å². The van der Waals surface area contributed by atoms with Gasteiger partial charge < -0.3 is 9.64 Å². The molecule has 0 saturated heterocycles. The Kier molecular flexibility index (Phi) is 5.31. The van der Waals surface area contributed by atoms with Crippen LogP contribution in [0.4, 0.5) is 19.1 Å². The number of nitrogens with two attached hydrogens (primary N) is 1. The van der Waals surface area contributed by atoms with E-state index in [1.807, 2.05) is 24.4 Å². The lowest BCUT2D eigenvalue weighted by Gasteiger charge is -2.12. The van der Waals surface area contributed by atoms with Crippen molar-refractivity contribution in [2.24, 2.45) is 5.84 Å². The molecule has 0 aliphatic heterocycles. The summed E-state index contributed by atoms with van der Waals surface area (Å²) < 4.78 is 42.8. The van der Waals surface area contributed by atoms with E-state index in [4.69, 9.17) is 10.6 Å². The lowest BCUT2D eigenvalue weighted by atomic mass is 10.4. The van der Waals surface area contributed by atoms with Gasteiger partial charge in [-0.25, -0.2) is 10.8 Å². The molecule has 0 aliphatic carbocycles. The van der Waals surface area contributed by atoms with Crippen molar-refractivity contribution >= 4 is 5.95 Å². The number of rotatable bonds is 6. The lowest BCUT2D eigenvalue weighted by molar-refractivity contribution is -0.141. The average Bonchev–Trinajstić information content (AvgIpc) is 2.33. The maximum absolute atomic E-state index is 12.6. The summed E-state index contributed by atoms with van der Waals surface area (Å²) in [7, 11) is 3.78. The molecule has 0 saturated carbocycles. The van der Waals surface area contributed by atoms with Gasteiger partial charge in [-0.05, 0) is 20.5 Å². The number of halogens is 3. The first-order valence-electron chi connectivity index (χ1n) is 5.53. The molecule has 1 rings (SSSR count). The summed E-state index contributed by atoms with van der Waals surface area (Å²) >= 11 is 0. The first-order valence-corrected chi connectivity index (χ1v) is 5.53. The van der Waals surface area contributed by atoms with Crippen molar-refractivity contribution in [1.82, 2.24) is 14.9 Å². The molecular weight excluding hydrogens is 263 g/mol. The van der Waals surface area contributed by atoms with Crippen molar-refractivity contribution < 1.29 is 17.9 Å². The third-order valence-corrected chi connectivity index (χ3v) is 2.12. The standard InChI is InChI=1S/C10H16F3N5O/c1-18(2)4-3-5-19-8-6-7(10(11,12)13)15-9(16-8)17-14/h6H,3-5,14H2,1-2H3,(H,15,16,17). The monoisotopic (exact) mass is 279 g/mol. The molecule has 6 nitrogen and oxygen atoms in total. The van der Waals surface area contributed by atoms with Gasteiger partial charge in [0.1, 0.15) is 0 Å². The summed E-state index contributed by atoms with van der Waals surface area (Å²) in [5, 5.41) is 0. The van der Waals surface area contributed by atoms with Crippen LogP contribution in [0.2, 0.25) is 0 Å². The third kappa shape index (κ3) is 5.26. The molecule has 0 spiro atoms. The third-order valence-electron chi connectivity index (χ3n) is 2.12. The highest BCUT2D eigenvalue weighted by Crippen LogP contribution is 2.30. The molecule has 1 heterocycles. The highest BCUT2D eigenvalue weighted by atomic mass is 19.4. The Labute approximate surface area is 108 Å². The molecule has 0 unspecified atom stereocenters. The minimum Gasteiger partial charge on any atom is -0.477 e. The van der Waals surface area contributed by atoms with Crippen LogP contribution >= 0.6 is 0 Å². The highest BCUT2D eigenvalue weighted by molar-refractivity contribution is 5.30. The maximum atomic E-state index is 12.6. The number of hydrogen-bond acceptors (Lipinski definition) is 6. The van der Waals surface area contributed by atoms with Gasteiger partial charge >= 0.3 is 6.18 Å². The first-order chi connectivity index (χ1) is 8.82. The van der Waals surface area contributed by atoms with E-state index in [2.05, 4.69) is 9.97 Å². The van der Waals surface area contributed by atoms with Crippen LogP contribution in [-0.2, 0) is 6.18 Å². The van der Waals surface area contributed by atoms with Crippen molar-refractivity contribution in [3.63, 3.8) is 0 Å². The van der Waals surface area contributed by atoms with Crippen LogP contribution in [0.15, 0.2) is 6.07 Å². The van der Waals surface area contributed by atoms with Crippen molar-refractivity contribution in [2.75, 3.05) is 32.7 Å². The Morgan fingerprint density at radius 2 is 2.05 bits per heavy atom. The Morgan fingerprint density at radius 3 is 2.58 bits per heavy atom. The van der Waals surface area contributed by atoms with E-state index in [1.54, 1.807) is 0 Å². The summed E-state index contributed by atoms with van der Waals surface area (Å²) in [6.45, 7) is 1.02. The second-order valence-electron chi connectivity index (χ2n) is 4.06. The zero-order chi connectivity index (χ0) is 14.5. The van der Waals surface area contributed by atoms with Crippen LogP contribution in [0.5, 0.6) is 5.88 Å². The van der Waals surface area contributed by atoms with Gasteiger partial charge in [-0.2, -0.15) is 18.2 Å². The molecule has 0 amide bonds. The predicted molar refractivity (Wildman–Crippen MR) is 63.5 cm³/mol. The van der Waals surface area contributed by atoms with Crippen molar-refractivity contribution in [1.29, 1.82) is 0 Å². The number of nitrogens with one attached hydrogen (secondary N) is 1. The van der Waals surface area contributed by atoms with Gasteiger partial charge in [-0.1, -0.05) is 0 Å². The molecule has 108 valence electrons. The number of hydrazine groups is 1. The quantitative estimate of drug-likeness (QED) is 0.461. The zero-order valence-corrected chi connectivity index (χ0v) is 10.7. The number of aromatic nitrogens is 2. The first kappa shape index (κ1) is 15.4. The minimum absolute atomic E-state index is 0.158. The number of alkyl halides is 3. The van der Waals surface area contributed by atoms with Crippen LogP contribution in [0.1, 0.15) is 12.1 Å². The van der Waals surface area contributed by atoms with Gasteiger partial charge in [0.25, 0.3) is 0 Å². The van der Waals surface area contributed by atoms with E-state index < -0.39 is 11.9 Å². The lowest BCUT2D eigenvalue weighted by Crippen LogP contribution is -2.18. The molecule has 1 aromatic rings.